The van der Waals surface area contributed by atoms with Gasteiger partial charge in [0.2, 0.25) is 0 Å². The van der Waals surface area contributed by atoms with E-state index in [1.165, 1.54) is 4.88 Å². The summed E-state index contributed by atoms with van der Waals surface area (Å²) in [6.45, 7) is 6.67. The molecule has 0 amide bonds. The molecule has 3 nitrogen and oxygen atoms in total. The SMILES string of the molecule is CC(C)[C@H](NC[C@@H]1CCOCO1)c1cccs1. The summed E-state index contributed by atoms with van der Waals surface area (Å²) in [5, 5.41) is 5.76. The minimum Gasteiger partial charge on any atom is -0.355 e. The summed E-state index contributed by atoms with van der Waals surface area (Å²) >= 11 is 1.82. The molecule has 2 atom stereocenters. The van der Waals surface area contributed by atoms with Gasteiger partial charge >= 0.3 is 0 Å². The third-order valence-corrected chi connectivity index (χ3v) is 4.01. The maximum absolute atomic E-state index is 5.54. The fraction of sp³-hybridized carbons (Fsp3) is 0.692. The highest BCUT2D eigenvalue weighted by Crippen LogP contribution is 2.25. The summed E-state index contributed by atoms with van der Waals surface area (Å²) in [6, 6.07) is 4.75. The standard InChI is InChI=1S/C13H21NO2S/c1-10(2)13(12-4-3-7-17-12)14-8-11-5-6-15-9-16-11/h3-4,7,10-11,13-14H,5-6,8-9H2,1-2H3/t11-,13-/m0/s1. The van der Waals surface area contributed by atoms with Crippen LogP contribution in [0.2, 0.25) is 0 Å². The second kappa shape index (κ2) is 6.50. The fourth-order valence-corrected chi connectivity index (χ4v) is 3.03. The lowest BCUT2D eigenvalue weighted by molar-refractivity contribution is -0.137. The first-order valence-electron chi connectivity index (χ1n) is 6.23. The van der Waals surface area contributed by atoms with E-state index in [2.05, 4.69) is 36.7 Å². The van der Waals surface area contributed by atoms with E-state index in [0.717, 1.165) is 19.6 Å². The van der Waals surface area contributed by atoms with Crippen molar-refractivity contribution in [3.05, 3.63) is 22.4 Å². The summed E-state index contributed by atoms with van der Waals surface area (Å²) in [7, 11) is 0. The predicted octanol–water partition coefficient (Wildman–Crippen LogP) is 2.80. The summed E-state index contributed by atoms with van der Waals surface area (Å²) in [5.74, 6) is 0.591. The normalized spacial score (nSPS) is 22.9. The van der Waals surface area contributed by atoms with E-state index >= 15 is 0 Å². The van der Waals surface area contributed by atoms with Gasteiger partial charge in [-0.05, 0) is 23.8 Å². The number of nitrogens with one attached hydrogen (secondary N) is 1. The van der Waals surface area contributed by atoms with Crippen LogP contribution in [0.15, 0.2) is 17.5 Å². The lowest BCUT2D eigenvalue weighted by atomic mass is 10.0. The Hall–Kier alpha value is -0.420. The van der Waals surface area contributed by atoms with Gasteiger partial charge in [-0.1, -0.05) is 19.9 Å². The molecule has 1 aromatic rings. The number of hydrogen-bond donors (Lipinski definition) is 1. The first kappa shape index (κ1) is 13.0. The van der Waals surface area contributed by atoms with Gasteiger partial charge in [0.15, 0.2) is 0 Å². The van der Waals surface area contributed by atoms with Gasteiger partial charge in [0.25, 0.3) is 0 Å². The third-order valence-electron chi connectivity index (χ3n) is 3.05. The summed E-state index contributed by atoms with van der Waals surface area (Å²) in [5.41, 5.74) is 0. The van der Waals surface area contributed by atoms with Gasteiger partial charge in [0, 0.05) is 17.5 Å². The van der Waals surface area contributed by atoms with E-state index in [1.807, 2.05) is 11.3 Å². The third kappa shape index (κ3) is 3.78. The van der Waals surface area contributed by atoms with Crippen LogP contribution in [0.25, 0.3) is 0 Å². The smallest absolute Gasteiger partial charge is 0.147 e. The van der Waals surface area contributed by atoms with E-state index in [4.69, 9.17) is 9.47 Å². The minimum absolute atomic E-state index is 0.296. The van der Waals surface area contributed by atoms with E-state index in [-0.39, 0.29) is 0 Å². The molecule has 0 aliphatic carbocycles. The Morgan fingerprint density at radius 3 is 3.00 bits per heavy atom. The molecule has 1 saturated heterocycles. The molecular formula is C13H21NO2S. The Morgan fingerprint density at radius 2 is 2.41 bits per heavy atom. The average molecular weight is 255 g/mol. The number of hydrogen-bond acceptors (Lipinski definition) is 4. The second-order valence-electron chi connectivity index (χ2n) is 4.75. The predicted molar refractivity (Wildman–Crippen MR) is 70.2 cm³/mol. The topological polar surface area (TPSA) is 30.5 Å². The lowest BCUT2D eigenvalue weighted by Crippen LogP contribution is -2.37. The van der Waals surface area contributed by atoms with Crippen molar-refractivity contribution in [1.29, 1.82) is 0 Å². The van der Waals surface area contributed by atoms with E-state index in [1.54, 1.807) is 0 Å². The quantitative estimate of drug-likeness (QED) is 0.877. The zero-order chi connectivity index (χ0) is 12.1. The maximum atomic E-state index is 5.54. The number of thiophene rings is 1. The van der Waals surface area contributed by atoms with Crippen molar-refractivity contribution in [3.8, 4) is 0 Å². The summed E-state index contributed by atoms with van der Waals surface area (Å²) < 4.78 is 10.7. The van der Waals surface area contributed by atoms with Crippen molar-refractivity contribution in [3.63, 3.8) is 0 Å². The molecule has 1 aromatic heterocycles. The zero-order valence-electron chi connectivity index (χ0n) is 10.5. The van der Waals surface area contributed by atoms with Crippen molar-refractivity contribution in [2.75, 3.05) is 19.9 Å². The van der Waals surface area contributed by atoms with Crippen LogP contribution in [-0.4, -0.2) is 26.0 Å². The van der Waals surface area contributed by atoms with Gasteiger partial charge in [-0.25, -0.2) is 0 Å². The first-order valence-corrected chi connectivity index (χ1v) is 7.11. The van der Waals surface area contributed by atoms with E-state index in [0.29, 0.717) is 24.9 Å². The van der Waals surface area contributed by atoms with Crippen molar-refractivity contribution >= 4 is 11.3 Å². The molecular weight excluding hydrogens is 234 g/mol. The van der Waals surface area contributed by atoms with Gasteiger partial charge in [-0.3, -0.25) is 0 Å². The highest BCUT2D eigenvalue weighted by molar-refractivity contribution is 7.10. The van der Waals surface area contributed by atoms with Crippen LogP contribution < -0.4 is 5.32 Å². The molecule has 1 N–H and O–H groups in total. The minimum atomic E-state index is 0.296. The van der Waals surface area contributed by atoms with Crippen LogP contribution in [0, 0.1) is 5.92 Å². The van der Waals surface area contributed by atoms with Crippen molar-refractivity contribution in [2.24, 2.45) is 5.92 Å². The fourth-order valence-electron chi connectivity index (χ4n) is 2.05. The molecule has 2 rings (SSSR count). The molecule has 96 valence electrons. The molecule has 1 aliphatic rings. The zero-order valence-corrected chi connectivity index (χ0v) is 11.3. The Bertz CT molecular complexity index is 307. The summed E-state index contributed by atoms with van der Waals surface area (Å²) in [4.78, 5) is 1.41. The largest absolute Gasteiger partial charge is 0.355 e. The van der Waals surface area contributed by atoms with Crippen LogP contribution in [0.4, 0.5) is 0 Å². The van der Waals surface area contributed by atoms with Crippen molar-refractivity contribution in [2.45, 2.75) is 32.4 Å². The second-order valence-corrected chi connectivity index (χ2v) is 5.73. The molecule has 0 radical (unpaired) electrons. The van der Waals surface area contributed by atoms with Gasteiger partial charge in [0.1, 0.15) is 6.79 Å². The average Bonchev–Trinajstić information content (AvgIpc) is 2.84. The van der Waals surface area contributed by atoms with E-state index in [9.17, 15) is 0 Å². The molecule has 1 aliphatic heterocycles. The Morgan fingerprint density at radius 1 is 1.53 bits per heavy atom. The van der Waals surface area contributed by atoms with Crippen LogP contribution in [0.1, 0.15) is 31.2 Å². The van der Waals surface area contributed by atoms with Gasteiger partial charge in [-0.15, -0.1) is 11.3 Å². The first-order chi connectivity index (χ1) is 8.27. The Balaban J connectivity index is 1.85. The molecule has 0 bridgehead atoms. The lowest BCUT2D eigenvalue weighted by Gasteiger charge is -2.27. The van der Waals surface area contributed by atoms with Gasteiger partial charge in [-0.2, -0.15) is 0 Å². The summed E-state index contributed by atoms with van der Waals surface area (Å²) in [6.07, 6.45) is 1.28. The van der Waals surface area contributed by atoms with Gasteiger partial charge in [0.05, 0.1) is 12.7 Å². The van der Waals surface area contributed by atoms with Crippen LogP contribution in [0.3, 0.4) is 0 Å². The number of ether oxygens (including phenoxy) is 2. The molecule has 0 aromatic carbocycles. The molecule has 17 heavy (non-hydrogen) atoms. The Labute approximate surface area is 107 Å². The molecule has 1 fully saturated rings. The highest BCUT2D eigenvalue weighted by atomic mass is 32.1. The van der Waals surface area contributed by atoms with Gasteiger partial charge < -0.3 is 14.8 Å². The molecule has 2 heterocycles. The number of rotatable bonds is 5. The van der Waals surface area contributed by atoms with E-state index < -0.39 is 0 Å². The monoisotopic (exact) mass is 255 g/mol. The van der Waals surface area contributed by atoms with Crippen LogP contribution >= 0.6 is 11.3 Å². The van der Waals surface area contributed by atoms with Crippen LogP contribution in [0.5, 0.6) is 0 Å². The molecule has 0 unspecified atom stereocenters. The van der Waals surface area contributed by atoms with Crippen molar-refractivity contribution in [1.82, 2.24) is 5.32 Å². The maximum Gasteiger partial charge on any atom is 0.147 e. The van der Waals surface area contributed by atoms with Crippen molar-refractivity contribution < 1.29 is 9.47 Å². The molecule has 0 saturated carbocycles. The highest BCUT2D eigenvalue weighted by Gasteiger charge is 2.20. The molecule has 0 spiro atoms. The molecule has 4 heteroatoms. The van der Waals surface area contributed by atoms with Crippen LogP contribution in [-0.2, 0) is 9.47 Å². The Kier molecular flexibility index (Phi) is 4.98.